The van der Waals surface area contributed by atoms with Crippen LogP contribution in [0.25, 0.3) is 0 Å². The second kappa shape index (κ2) is 6.47. The van der Waals surface area contributed by atoms with Crippen LogP contribution in [0.5, 0.6) is 0 Å². The van der Waals surface area contributed by atoms with Gasteiger partial charge < -0.3 is 0 Å². The van der Waals surface area contributed by atoms with Gasteiger partial charge in [0.2, 0.25) is 0 Å². The lowest BCUT2D eigenvalue weighted by Crippen LogP contribution is -2.05. The smallest absolute Gasteiger partial charge is 0.185 e. The van der Waals surface area contributed by atoms with E-state index >= 15 is 0 Å². The van der Waals surface area contributed by atoms with Gasteiger partial charge >= 0.3 is 0 Å². The van der Waals surface area contributed by atoms with Gasteiger partial charge in [-0.2, -0.15) is 0 Å². The molecule has 1 nitrogen and oxygen atoms in total. The van der Waals surface area contributed by atoms with E-state index in [2.05, 4.69) is 12.6 Å². The molecule has 0 saturated heterocycles. The van der Waals surface area contributed by atoms with E-state index in [9.17, 15) is 4.79 Å². The molecule has 0 aromatic carbocycles. The first-order chi connectivity index (χ1) is 6.29. The van der Waals surface area contributed by atoms with E-state index < -0.39 is 0 Å². The van der Waals surface area contributed by atoms with Crippen LogP contribution >= 0.6 is 12.6 Å². The number of hydrogen-bond acceptors (Lipinski definition) is 1. The van der Waals surface area contributed by atoms with Crippen LogP contribution in [0, 0.1) is 5.92 Å². The minimum absolute atomic E-state index is 0.0575. The third-order valence-electron chi connectivity index (χ3n) is 2.99. The first-order valence-electron chi connectivity index (χ1n) is 5.51. The summed E-state index contributed by atoms with van der Waals surface area (Å²) in [5.74, 6) is 0.802. The van der Waals surface area contributed by atoms with Crippen LogP contribution in [0.2, 0.25) is 0 Å². The van der Waals surface area contributed by atoms with Crippen LogP contribution < -0.4 is 0 Å². The highest BCUT2D eigenvalue weighted by atomic mass is 32.1. The molecule has 1 saturated carbocycles. The van der Waals surface area contributed by atoms with Crippen LogP contribution in [0.3, 0.4) is 0 Å². The van der Waals surface area contributed by atoms with Gasteiger partial charge in [0.05, 0.1) is 0 Å². The van der Waals surface area contributed by atoms with Crippen LogP contribution in [-0.2, 0) is 4.79 Å². The summed E-state index contributed by atoms with van der Waals surface area (Å²) in [4.78, 5) is 10.7. The van der Waals surface area contributed by atoms with Gasteiger partial charge in [0.25, 0.3) is 0 Å². The second-order valence-electron chi connectivity index (χ2n) is 4.14. The number of carbonyl (C=O) groups excluding carboxylic acids is 1. The zero-order valence-corrected chi connectivity index (χ0v) is 9.19. The minimum atomic E-state index is 0.0575. The number of rotatable bonds is 3. The summed E-state index contributed by atoms with van der Waals surface area (Å²) in [5, 5.41) is 0.0575. The molecule has 1 rings (SSSR count). The fourth-order valence-corrected chi connectivity index (χ4v) is 2.29. The lowest BCUT2D eigenvalue weighted by molar-refractivity contribution is -0.111. The van der Waals surface area contributed by atoms with Crippen LogP contribution in [0.15, 0.2) is 0 Å². The molecule has 0 spiro atoms. The molecule has 0 aromatic heterocycles. The van der Waals surface area contributed by atoms with E-state index in [1.165, 1.54) is 44.9 Å². The van der Waals surface area contributed by atoms with Crippen molar-refractivity contribution >= 4 is 17.7 Å². The quantitative estimate of drug-likeness (QED) is 0.689. The lowest BCUT2D eigenvalue weighted by Gasteiger charge is -2.18. The maximum absolute atomic E-state index is 10.7. The van der Waals surface area contributed by atoms with Gasteiger partial charge in [0.15, 0.2) is 5.12 Å². The maximum atomic E-state index is 10.7. The monoisotopic (exact) mass is 200 g/mol. The Kier molecular flexibility index (Phi) is 5.52. The Balaban J connectivity index is 2.17. The Morgan fingerprint density at radius 1 is 1.08 bits per heavy atom. The second-order valence-corrected chi connectivity index (χ2v) is 4.64. The Labute approximate surface area is 86.7 Å². The molecule has 2 heteroatoms. The highest BCUT2D eigenvalue weighted by molar-refractivity contribution is 7.96. The number of carbonyl (C=O) groups is 1. The van der Waals surface area contributed by atoms with Gasteiger partial charge in [0, 0.05) is 6.42 Å². The average Bonchev–Trinajstić information content (AvgIpc) is 2.01. The van der Waals surface area contributed by atoms with E-state index in [0.717, 1.165) is 12.3 Å². The van der Waals surface area contributed by atoms with Crippen molar-refractivity contribution in [3.05, 3.63) is 0 Å². The Bertz CT molecular complexity index is 148. The fraction of sp³-hybridized carbons (Fsp3) is 0.909. The third kappa shape index (κ3) is 5.35. The summed E-state index contributed by atoms with van der Waals surface area (Å²) in [5.41, 5.74) is 0. The summed E-state index contributed by atoms with van der Waals surface area (Å²) >= 11 is 3.81. The molecule has 0 aromatic rings. The van der Waals surface area contributed by atoms with Gasteiger partial charge in [-0.15, -0.1) is 12.6 Å². The predicted octanol–water partition coefficient (Wildman–Crippen LogP) is 3.58. The molecule has 1 aliphatic carbocycles. The molecule has 0 heterocycles. The van der Waals surface area contributed by atoms with E-state index in [1.807, 2.05) is 0 Å². The van der Waals surface area contributed by atoms with Gasteiger partial charge in [-0.3, -0.25) is 4.79 Å². The summed E-state index contributed by atoms with van der Waals surface area (Å²) < 4.78 is 0. The first kappa shape index (κ1) is 11.1. The molecule has 13 heavy (non-hydrogen) atoms. The van der Waals surface area contributed by atoms with E-state index in [-0.39, 0.29) is 5.12 Å². The Morgan fingerprint density at radius 2 is 1.62 bits per heavy atom. The molecular weight excluding hydrogens is 180 g/mol. The highest BCUT2D eigenvalue weighted by Gasteiger charge is 2.11. The van der Waals surface area contributed by atoms with Gasteiger partial charge in [-0.25, -0.2) is 0 Å². The maximum Gasteiger partial charge on any atom is 0.185 e. The molecular formula is C11H20OS. The van der Waals surface area contributed by atoms with E-state index in [0.29, 0.717) is 6.42 Å². The molecule has 0 radical (unpaired) electrons. The molecule has 0 amide bonds. The summed E-state index contributed by atoms with van der Waals surface area (Å²) in [7, 11) is 0. The topological polar surface area (TPSA) is 17.1 Å². The van der Waals surface area contributed by atoms with Crippen LogP contribution in [-0.4, -0.2) is 5.12 Å². The van der Waals surface area contributed by atoms with Gasteiger partial charge in [-0.05, 0) is 12.3 Å². The van der Waals surface area contributed by atoms with Crippen molar-refractivity contribution in [3.8, 4) is 0 Å². The zero-order valence-electron chi connectivity index (χ0n) is 8.30. The van der Waals surface area contributed by atoms with Crippen molar-refractivity contribution in [2.24, 2.45) is 5.92 Å². The summed E-state index contributed by atoms with van der Waals surface area (Å²) in [6.07, 6.45) is 11.4. The number of hydrogen-bond donors (Lipinski definition) is 1. The molecule has 0 unspecified atom stereocenters. The molecule has 0 N–H and O–H groups in total. The zero-order chi connectivity index (χ0) is 9.52. The standard InChI is InChI=1S/C11H20OS/c12-11(13)9-8-10-6-4-2-1-3-5-7-10/h10H,1-9H2,(H,12,13). The molecule has 0 atom stereocenters. The first-order valence-corrected chi connectivity index (χ1v) is 5.95. The number of thiol groups is 1. The van der Waals surface area contributed by atoms with Gasteiger partial charge in [0.1, 0.15) is 0 Å². The predicted molar refractivity (Wildman–Crippen MR) is 59.0 cm³/mol. The van der Waals surface area contributed by atoms with Crippen molar-refractivity contribution in [3.63, 3.8) is 0 Å². The van der Waals surface area contributed by atoms with Crippen molar-refractivity contribution in [1.82, 2.24) is 0 Å². The molecule has 76 valence electrons. The van der Waals surface area contributed by atoms with Crippen molar-refractivity contribution in [1.29, 1.82) is 0 Å². The highest BCUT2D eigenvalue weighted by Crippen LogP contribution is 2.25. The summed E-state index contributed by atoms with van der Waals surface area (Å²) in [6.45, 7) is 0. The van der Waals surface area contributed by atoms with Gasteiger partial charge in [-0.1, -0.05) is 44.9 Å². The van der Waals surface area contributed by atoms with Crippen molar-refractivity contribution < 1.29 is 4.79 Å². The summed E-state index contributed by atoms with van der Waals surface area (Å²) in [6, 6.07) is 0. The lowest BCUT2D eigenvalue weighted by atomic mass is 9.88. The Morgan fingerprint density at radius 3 is 2.15 bits per heavy atom. The Hall–Kier alpha value is 0.0200. The van der Waals surface area contributed by atoms with Crippen LogP contribution in [0.4, 0.5) is 0 Å². The normalized spacial score (nSPS) is 20.7. The van der Waals surface area contributed by atoms with Crippen LogP contribution in [0.1, 0.15) is 57.8 Å². The molecule has 0 aliphatic heterocycles. The third-order valence-corrected chi connectivity index (χ3v) is 3.21. The SMILES string of the molecule is O=C(S)CCC1CCCCCCC1. The van der Waals surface area contributed by atoms with Crippen molar-refractivity contribution in [2.75, 3.05) is 0 Å². The largest absolute Gasteiger partial charge is 0.288 e. The van der Waals surface area contributed by atoms with E-state index in [4.69, 9.17) is 0 Å². The molecule has 0 bridgehead atoms. The molecule has 1 aliphatic rings. The average molecular weight is 200 g/mol. The van der Waals surface area contributed by atoms with Crippen molar-refractivity contribution in [2.45, 2.75) is 57.8 Å². The minimum Gasteiger partial charge on any atom is -0.288 e. The molecule has 1 fully saturated rings. The van der Waals surface area contributed by atoms with E-state index in [1.54, 1.807) is 0 Å². The fourth-order valence-electron chi connectivity index (χ4n) is 2.16.